The monoisotopic (exact) mass is 319 g/mol. The van der Waals surface area contributed by atoms with E-state index in [1.807, 2.05) is 25.1 Å². The second kappa shape index (κ2) is 5.95. The number of aromatic nitrogens is 1. The fourth-order valence-corrected chi connectivity index (χ4v) is 2.24. The molecule has 0 atom stereocenters. The zero-order valence-electron chi connectivity index (χ0n) is 10.5. The van der Waals surface area contributed by atoms with Gasteiger partial charge in [-0.2, -0.15) is 0 Å². The molecule has 1 aromatic carbocycles. The van der Waals surface area contributed by atoms with Crippen molar-refractivity contribution >= 4 is 27.5 Å². The third-order valence-corrected chi connectivity index (χ3v) is 3.32. The van der Waals surface area contributed by atoms with Crippen LogP contribution >= 0.6 is 15.9 Å². The van der Waals surface area contributed by atoms with Crippen LogP contribution in [0.3, 0.4) is 0 Å². The van der Waals surface area contributed by atoms with E-state index in [9.17, 15) is 4.79 Å². The molecule has 4 nitrogen and oxygen atoms in total. The highest BCUT2D eigenvalue weighted by molar-refractivity contribution is 9.10. The molecular weight excluding hydrogens is 306 g/mol. The predicted molar refractivity (Wildman–Crippen MR) is 79.0 cm³/mol. The summed E-state index contributed by atoms with van der Waals surface area (Å²) in [5, 5.41) is 2.85. The minimum Gasteiger partial charge on any atom is -0.325 e. The van der Waals surface area contributed by atoms with E-state index < -0.39 is 0 Å². The van der Waals surface area contributed by atoms with Crippen LogP contribution in [-0.4, -0.2) is 10.9 Å². The van der Waals surface area contributed by atoms with Gasteiger partial charge in [0.25, 0.3) is 5.91 Å². The molecule has 0 aliphatic heterocycles. The number of aryl methyl sites for hydroxylation is 1. The number of carbonyl (C=O) groups excluding carboxylic acids is 1. The minimum atomic E-state index is -0.179. The summed E-state index contributed by atoms with van der Waals surface area (Å²) in [4.78, 5) is 16.2. The van der Waals surface area contributed by atoms with Crippen molar-refractivity contribution in [1.29, 1.82) is 0 Å². The standard InChI is InChI=1S/C14H14BrN3O/c1-9-2-3-13(12(15)6-9)18-14(19)10-4-5-17-11(7-10)8-16/h2-7H,8,16H2,1H3,(H,18,19). The highest BCUT2D eigenvalue weighted by Gasteiger charge is 2.09. The Kier molecular flexibility index (Phi) is 4.29. The highest BCUT2D eigenvalue weighted by atomic mass is 79.9. The van der Waals surface area contributed by atoms with E-state index in [0.29, 0.717) is 17.8 Å². The maximum absolute atomic E-state index is 12.1. The van der Waals surface area contributed by atoms with Crippen molar-refractivity contribution in [3.05, 3.63) is 57.8 Å². The molecule has 3 N–H and O–H groups in total. The fraction of sp³-hybridized carbons (Fsp3) is 0.143. The third kappa shape index (κ3) is 3.39. The molecule has 1 aromatic heterocycles. The van der Waals surface area contributed by atoms with E-state index in [1.54, 1.807) is 18.3 Å². The Hall–Kier alpha value is -1.72. The predicted octanol–water partition coefficient (Wildman–Crippen LogP) is 2.86. The molecule has 0 bridgehead atoms. The van der Waals surface area contributed by atoms with Crippen molar-refractivity contribution in [2.45, 2.75) is 13.5 Å². The SMILES string of the molecule is Cc1ccc(NC(=O)c2ccnc(CN)c2)c(Br)c1. The molecule has 2 aromatic rings. The zero-order valence-corrected chi connectivity index (χ0v) is 12.1. The first-order chi connectivity index (χ1) is 9.10. The molecule has 0 radical (unpaired) electrons. The van der Waals surface area contributed by atoms with Crippen LogP contribution in [0.15, 0.2) is 41.0 Å². The van der Waals surface area contributed by atoms with Crippen molar-refractivity contribution < 1.29 is 4.79 Å². The lowest BCUT2D eigenvalue weighted by Gasteiger charge is -2.08. The molecule has 0 saturated carbocycles. The summed E-state index contributed by atoms with van der Waals surface area (Å²) in [6.45, 7) is 2.31. The lowest BCUT2D eigenvalue weighted by Crippen LogP contribution is -2.13. The van der Waals surface area contributed by atoms with Crippen molar-refractivity contribution in [2.75, 3.05) is 5.32 Å². The topological polar surface area (TPSA) is 68.0 Å². The highest BCUT2D eigenvalue weighted by Crippen LogP contribution is 2.23. The molecule has 0 spiro atoms. The van der Waals surface area contributed by atoms with Gasteiger partial charge in [-0.25, -0.2) is 0 Å². The molecule has 0 unspecified atom stereocenters. The Morgan fingerprint density at radius 2 is 2.16 bits per heavy atom. The Morgan fingerprint density at radius 3 is 2.84 bits per heavy atom. The molecule has 19 heavy (non-hydrogen) atoms. The first-order valence-electron chi connectivity index (χ1n) is 5.82. The van der Waals surface area contributed by atoms with E-state index in [-0.39, 0.29) is 5.91 Å². The van der Waals surface area contributed by atoms with Crippen LogP contribution in [0.5, 0.6) is 0 Å². The quantitative estimate of drug-likeness (QED) is 0.914. The maximum Gasteiger partial charge on any atom is 0.255 e. The molecule has 0 aliphatic rings. The van der Waals surface area contributed by atoms with E-state index in [2.05, 4.69) is 26.2 Å². The van der Waals surface area contributed by atoms with Gasteiger partial charge in [0.05, 0.1) is 11.4 Å². The number of hydrogen-bond donors (Lipinski definition) is 2. The van der Waals surface area contributed by atoms with Gasteiger partial charge < -0.3 is 11.1 Å². The number of carbonyl (C=O) groups is 1. The van der Waals surface area contributed by atoms with E-state index >= 15 is 0 Å². The van der Waals surface area contributed by atoms with Gasteiger partial charge in [0.15, 0.2) is 0 Å². The molecule has 0 aliphatic carbocycles. The van der Waals surface area contributed by atoms with Gasteiger partial charge in [0.2, 0.25) is 0 Å². The molecule has 0 saturated heterocycles. The largest absolute Gasteiger partial charge is 0.325 e. The summed E-state index contributed by atoms with van der Waals surface area (Å²) >= 11 is 3.43. The van der Waals surface area contributed by atoms with E-state index in [4.69, 9.17) is 5.73 Å². The van der Waals surface area contributed by atoms with Crippen molar-refractivity contribution in [2.24, 2.45) is 5.73 Å². The summed E-state index contributed by atoms with van der Waals surface area (Å²) in [6.07, 6.45) is 1.58. The summed E-state index contributed by atoms with van der Waals surface area (Å²) in [7, 11) is 0. The number of rotatable bonds is 3. The Morgan fingerprint density at radius 1 is 1.37 bits per heavy atom. The average Bonchev–Trinajstić information content (AvgIpc) is 2.42. The second-order valence-corrected chi connectivity index (χ2v) is 5.03. The van der Waals surface area contributed by atoms with Crippen LogP contribution in [0, 0.1) is 6.92 Å². The summed E-state index contributed by atoms with van der Waals surface area (Å²) in [6, 6.07) is 9.11. The van der Waals surface area contributed by atoms with Crippen LogP contribution < -0.4 is 11.1 Å². The van der Waals surface area contributed by atoms with Crippen LogP contribution in [0.1, 0.15) is 21.6 Å². The zero-order chi connectivity index (χ0) is 13.8. The van der Waals surface area contributed by atoms with E-state index in [1.165, 1.54) is 0 Å². The molecule has 98 valence electrons. The van der Waals surface area contributed by atoms with Gasteiger partial charge in [-0.3, -0.25) is 9.78 Å². The number of halogens is 1. The molecule has 5 heteroatoms. The smallest absolute Gasteiger partial charge is 0.255 e. The lowest BCUT2D eigenvalue weighted by atomic mass is 10.2. The van der Waals surface area contributed by atoms with Gasteiger partial charge in [0, 0.05) is 22.8 Å². The first-order valence-corrected chi connectivity index (χ1v) is 6.62. The van der Waals surface area contributed by atoms with Gasteiger partial charge in [-0.15, -0.1) is 0 Å². The van der Waals surface area contributed by atoms with Gasteiger partial charge >= 0.3 is 0 Å². The number of hydrogen-bond acceptors (Lipinski definition) is 3. The summed E-state index contributed by atoms with van der Waals surface area (Å²) < 4.78 is 0.856. The number of amides is 1. The summed E-state index contributed by atoms with van der Waals surface area (Å²) in [5.74, 6) is -0.179. The number of nitrogens with one attached hydrogen (secondary N) is 1. The molecule has 1 heterocycles. The number of benzene rings is 1. The van der Waals surface area contributed by atoms with Gasteiger partial charge in [-0.1, -0.05) is 6.07 Å². The number of anilines is 1. The molecule has 0 fully saturated rings. The molecular formula is C14H14BrN3O. The number of nitrogens with two attached hydrogens (primary N) is 1. The third-order valence-electron chi connectivity index (χ3n) is 2.66. The van der Waals surface area contributed by atoms with Crippen LogP contribution in [-0.2, 0) is 6.54 Å². The number of pyridine rings is 1. The Bertz CT molecular complexity index is 613. The molecule has 2 rings (SSSR count). The van der Waals surface area contributed by atoms with Crippen LogP contribution in [0.25, 0.3) is 0 Å². The Balaban J connectivity index is 2.20. The van der Waals surface area contributed by atoms with Gasteiger partial charge in [-0.05, 0) is 52.7 Å². The Labute approximate surface area is 120 Å². The molecule has 1 amide bonds. The summed E-state index contributed by atoms with van der Waals surface area (Å²) in [5.41, 5.74) is 8.61. The van der Waals surface area contributed by atoms with Gasteiger partial charge in [0.1, 0.15) is 0 Å². The second-order valence-electron chi connectivity index (χ2n) is 4.18. The van der Waals surface area contributed by atoms with Crippen LogP contribution in [0.2, 0.25) is 0 Å². The fourth-order valence-electron chi connectivity index (χ4n) is 1.65. The lowest BCUT2D eigenvalue weighted by molar-refractivity contribution is 0.102. The van der Waals surface area contributed by atoms with Crippen molar-refractivity contribution in [1.82, 2.24) is 4.98 Å². The maximum atomic E-state index is 12.1. The van der Waals surface area contributed by atoms with Crippen molar-refractivity contribution in [3.63, 3.8) is 0 Å². The van der Waals surface area contributed by atoms with Crippen LogP contribution in [0.4, 0.5) is 5.69 Å². The van der Waals surface area contributed by atoms with E-state index in [0.717, 1.165) is 15.7 Å². The normalized spacial score (nSPS) is 10.3. The first kappa shape index (κ1) is 13.7. The minimum absolute atomic E-state index is 0.179. The van der Waals surface area contributed by atoms with Crippen molar-refractivity contribution in [3.8, 4) is 0 Å². The average molecular weight is 320 g/mol. The number of nitrogens with zero attached hydrogens (tertiary/aromatic N) is 1.